The molecule has 1 unspecified atom stereocenters. The maximum Gasteiger partial charge on any atom is 0.191 e. The predicted molar refractivity (Wildman–Crippen MR) is 126 cm³/mol. The Hall–Kier alpha value is -1.79. The summed E-state index contributed by atoms with van der Waals surface area (Å²) in [6, 6.07) is 8.78. The van der Waals surface area contributed by atoms with Crippen molar-refractivity contribution in [3.63, 3.8) is 0 Å². The fourth-order valence-electron chi connectivity index (χ4n) is 5.39. The lowest BCUT2D eigenvalue weighted by molar-refractivity contribution is 0.0396. The molecular formula is C25H40N4O2. The van der Waals surface area contributed by atoms with Gasteiger partial charge in [0.2, 0.25) is 0 Å². The zero-order chi connectivity index (χ0) is 21.5. The van der Waals surface area contributed by atoms with Gasteiger partial charge in [-0.05, 0) is 70.5 Å². The van der Waals surface area contributed by atoms with E-state index in [-0.39, 0.29) is 11.6 Å². The normalized spacial score (nSPS) is 24.1. The molecule has 1 aromatic carbocycles. The first-order valence-corrected chi connectivity index (χ1v) is 12.3. The number of methoxy groups -OCH3 is 1. The van der Waals surface area contributed by atoms with Gasteiger partial charge in [-0.15, -0.1) is 0 Å². The van der Waals surface area contributed by atoms with Crippen LogP contribution in [0.25, 0.3) is 0 Å². The molecule has 2 aliphatic heterocycles. The van der Waals surface area contributed by atoms with Crippen molar-refractivity contribution in [2.45, 2.75) is 63.5 Å². The van der Waals surface area contributed by atoms with Gasteiger partial charge >= 0.3 is 0 Å². The molecule has 4 rings (SSSR count). The molecule has 1 saturated heterocycles. The molecule has 6 nitrogen and oxygen atoms in total. The van der Waals surface area contributed by atoms with Crippen molar-refractivity contribution in [3.05, 3.63) is 29.8 Å². The molecule has 0 radical (unpaired) electrons. The van der Waals surface area contributed by atoms with Crippen LogP contribution >= 0.6 is 0 Å². The average Bonchev–Trinajstić information content (AvgIpc) is 3.24. The number of ether oxygens (including phenoxy) is 2. The van der Waals surface area contributed by atoms with Gasteiger partial charge in [-0.3, -0.25) is 4.99 Å². The van der Waals surface area contributed by atoms with E-state index >= 15 is 0 Å². The van der Waals surface area contributed by atoms with Gasteiger partial charge in [0, 0.05) is 38.7 Å². The van der Waals surface area contributed by atoms with Crippen LogP contribution in [0.15, 0.2) is 29.3 Å². The van der Waals surface area contributed by atoms with Gasteiger partial charge in [-0.25, -0.2) is 0 Å². The van der Waals surface area contributed by atoms with E-state index in [0.717, 1.165) is 70.3 Å². The number of piperidine rings is 1. The molecule has 1 aromatic rings. The highest BCUT2D eigenvalue weighted by atomic mass is 16.5. The Balaban J connectivity index is 1.39. The van der Waals surface area contributed by atoms with Crippen molar-refractivity contribution >= 4 is 5.96 Å². The molecule has 1 aliphatic carbocycles. The lowest BCUT2D eigenvalue weighted by atomic mass is 9.86. The molecule has 2 N–H and O–H groups in total. The van der Waals surface area contributed by atoms with Crippen molar-refractivity contribution in [1.29, 1.82) is 0 Å². The smallest absolute Gasteiger partial charge is 0.191 e. The van der Waals surface area contributed by atoms with Gasteiger partial charge in [0.15, 0.2) is 5.96 Å². The number of benzene rings is 1. The van der Waals surface area contributed by atoms with Crippen molar-refractivity contribution in [2.24, 2.45) is 10.9 Å². The van der Waals surface area contributed by atoms with E-state index < -0.39 is 0 Å². The number of hydrogen-bond acceptors (Lipinski definition) is 4. The minimum Gasteiger partial charge on any atom is -0.487 e. The van der Waals surface area contributed by atoms with Crippen LogP contribution in [0.2, 0.25) is 0 Å². The Kier molecular flexibility index (Phi) is 7.72. The largest absolute Gasteiger partial charge is 0.487 e. The summed E-state index contributed by atoms with van der Waals surface area (Å²) in [7, 11) is 1.78. The van der Waals surface area contributed by atoms with Crippen LogP contribution in [-0.4, -0.2) is 62.9 Å². The van der Waals surface area contributed by atoms with Gasteiger partial charge in [0.1, 0.15) is 11.4 Å². The summed E-state index contributed by atoms with van der Waals surface area (Å²) in [6.45, 7) is 8.09. The van der Waals surface area contributed by atoms with Crippen LogP contribution in [0.5, 0.6) is 5.75 Å². The maximum absolute atomic E-state index is 6.53. The van der Waals surface area contributed by atoms with E-state index in [1.807, 2.05) is 0 Å². The van der Waals surface area contributed by atoms with E-state index in [1.54, 1.807) is 7.11 Å². The second kappa shape index (κ2) is 10.7. The summed E-state index contributed by atoms with van der Waals surface area (Å²) in [6.07, 6.45) is 8.32. The molecule has 0 bridgehead atoms. The monoisotopic (exact) mass is 428 g/mol. The van der Waals surface area contributed by atoms with Gasteiger partial charge in [-0.1, -0.05) is 18.2 Å². The predicted octanol–water partition coefficient (Wildman–Crippen LogP) is 3.74. The molecule has 172 valence electrons. The van der Waals surface area contributed by atoms with Crippen molar-refractivity contribution in [1.82, 2.24) is 15.5 Å². The zero-order valence-corrected chi connectivity index (χ0v) is 19.4. The standard InChI is InChI=1S/C25H40N4O2/c1-3-26-24(27-19-20-10-14-29(15-11-20)16-17-30-2)28-22-18-25(12-6-7-13-25)31-23-9-5-4-8-21(22)23/h4-5,8-9,20,22H,3,6-7,10-19H2,1-2H3,(H2,26,27,28). The van der Waals surface area contributed by atoms with Crippen LogP contribution in [0.4, 0.5) is 0 Å². The van der Waals surface area contributed by atoms with Crippen LogP contribution < -0.4 is 15.4 Å². The molecule has 1 saturated carbocycles. The molecular weight excluding hydrogens is 388 g/mol. The summed E-state index contributed by atoms with van der Waals surface area (Å²) in [4.78, 5) is 7.52. The summed E-state index contributed by atoms with van der Waals surface area (Å²) < 4.78 is 11.8. The van der Waals surface area contributed by atoms with Crippen molar-refractivity contribution in [2.75, 3.05) is 46.4 Å². The average molecular weight is 429 g/mol. The highest BCUT2D eigenvalue weighted by Crippen LogP contribution is 2.46. The molecule has 1 spiro atoms. The van der Waals surface area contributed by atoms with Crippen molar-refractivity contribution in [3.8, 4) is 5.75 Å². The highest BCUT2D eigenvalue weighted by Gasteiger charge is 2.43. The van der Waals surface area contributed by atoms with Crippen LogP contribution in [0.1, 0.15) is 63.5 Å². The third kappa shape index (κ3) is 5.72. The SMILES string of the molecule is CCNC(=NCC1CCN(CCOC)CC1)NC1CC2(CCCC2)Oc2ccccc21. The molecule has 3 aliphatic rings. The van der Waals surface area contributed by atoms with Crippen LogP contribution in [0, 0.1) is 5.92 Å². The molecule has 0 amide bonds. The Labute approximate surface area is 187 Å². The second-order valence-electron chi connectivity index (χ2n) is 9.43. The Morgan fingerprint density at radius 2 is 2.00 bits per heavy atom. The molecule has 2 fully saturated rings. The van der Waals surface area contributed by atoms with Crippen LogP contribution in [0.3, 0.4) is 0 Å². The lowest BCUT2D eigenvalue weighted by Crippen LogP contribution is -2.47. The number of nitrogens with zero attached hydrogens (tertiary/aromatic N) is 2. The van der Waals surface area contributed by atoms with Gasteiger partial charge in [-0.2, -0.15) is 0 Å². The molecule has 2 heterocycles. The number of aliphatic imine (C=N–C) groups is 1. The maximum atomic E-state index is 6.53. The van der Waals surface area contributed by atoms with Crippen LogP contribution in [-0.2, 0) is 4.74 Å². The number of para-hydroxylation sites is 1. The number of nitrogens with one attached hydrogen (secondary N) is 2. The fourth-order valence-corrected chi connectivity index (χ4v) is 5.39. The summed E-state index contributed by atoms with van der Waals surface area (Å²) >= 11 is 0. The number of guanidine groups is 1. The lowest BCUT2D eigenvalue weighted by Gasteiger charge is -2.40. The topological polar surface area (TPSA) is 58.1 Å². The van der Waals surface area contributed by atoms with E-state index in [4.69, 9.17) is 14.5 Å². The quantitative estimate of drug-likeness (QED) is 0.512. The number of likely N-dealkylation sites (tertiary alicyclic amines) is 1. The van der Waals surface area contributed by atoms with E-state index in [1.165, 1.54) is 31.2 Å². The summed E-state index contributed by atoms with van der Waals surface area (Å²) in [5.74, 6) is 2.66. The molecule has 31 heavy (non-hydrogen) atoms. The summed E-state index contributed by atoms with van der Waals surface area (Å²) in [5.41, 5.74) is 1.26. The van der Waals surface area contributed by atoms with E-state index in [0.29, 0.717) is 5.92 Å². The third-order valence-electron chi connectivity index (χ3n) is 7.19. The molecule has 6 heteroatoms. The summed E-state index contributed by atoms with van der Waals surface area (Å²) in [5, 5.41) is 7.26. The van der Waals surface area contributed by atoms with Gasteiger partial charge < -0.3 is 25.0 Å². The Bertz CT molecular complexity index is 724. The first-order chi connectivity index (χ1) is 15.2. The fraction of sp³-hybridized carbons (Fsp3) is 0.720. The zero-order valence-electron chi connectivity index (χ0n) is 19.4. The second-order valence-corrected chi connectivity index (χ2v) is 9.43. The minimum atomic E-state index is -0.00161. The number of fused-ring (bicyclic) bond motifs is 1. The van der Waals surface area contributed by atoms with Gasteiger partial charge in [0.25, 0.3) is 0 Å². The highest BCUT2D eigenvalue weighted by molar-refractivity contribution is 5.80. The minimum absolute atomic E-state index is 0.00161. The first-order valence-electron chi connectivity index (χ1n) is 12.3. The number of hydrogen-bond donors (Lipinski definition) is 2. The van der Waals surface area contributed by atoms with Crippen molar-refractivity contribution < 1.29 is 9.47 Å². The van der Waals surface area contributed by atoms with E-state index in [2.05, 4.69) is 46.7 Å². The van der Waals surface area contributed by atoms with Gasteiger partial charge in [0.05, 0.1) is 12.6 Å². The molecule has 0 aromatic heterocycles. The Morgan fingerprint density at radius 1 is 1.23 bits per heavy atom. The number of rotatable bonds is 7. The Morgan fingerprint density at radius 3 is 2.74 bits per heavy atom. The first kappa shape index (κ1) is 22.4. The molecule has 1 atom stereocenters. The van der Waals surface area contributed by atoms with E-state index in [9.17, 15) is 0 Å². The third-order valence-corrected chi connectivity index (χ3v) is 7.19.